The van der Waals surface area contributed by atoms with Crippen molar-refractivity contribution in [1.29, 1.82) is 0 Å². The van der Waals surface area contributed by atoms with Crippen LogP contribution in [0.3, 0.4) is 0 Å². The topological polar surface area (TPSA) is 68.1 Å². The molecule has 1 N–H and O–H groups in total. The van der Waals surface area contributed by atoms with Gasteiger partial charge in [-0.1, -0.05) is 17.7 Å². The van der Waals surface area contributed by atoms with Crippen molar-refractivity contribution in [3.8, 4) is 11.5 Å². The molecule has 0 aliphatic carbocycles. The number of pyridine rings is 1. The molecule has 0 amide bonds. The van der Waals surface area contributed by atoms with E-state index in [4.69, 9.17) is 4.74 Å². The summed E-state index contributed by atoms with van der Waals surface area (Å²) in [5.41, 5.74) is -4.48. The molecule has 5 nitrogen and oxygen atoms in total. The van der Waals surface area contributed by atoms with Crippen molar-refractivity contribution in [2.45, 2.75) is 18.4 Å². The quantitative estimate of drug-likeness (QED) is 0.401. The molecule has 4 rings (SSSR count). The minimum Gasteiger partial charge on any atom is -0.456 e. The number of ether oxygens (including phenoxy) is 1. The second kappa shape index (κ2) is 8.59. The highest BCUT2D eigenvalue weighted by Crippen LogP contribution is 2.49. The van der Waals surface area contributed by atoms with Crippen LogP contribution in [-0.2, 0) is 11.5 Å². The Hall–Kier alpha value is -3.85. The van der Waals surface area contributed by atoms with Gasteiger partial charge < -0.3 is 9.84 Å². The average molecular weight is 455 g/mol. The second-order valence-electron chi connectivity index (χ2n) is 7.33. The van der Waals surface area contributed by atoms with Crippen molar-refractivity contribution >= 4 is 0 Å². The molecule has 0 radical (unpaired) electrons. The van der Waals surface area contributed by atoms with Gasteiger partial charge in [0.25, 0.3) is 0 Å². The molecule has 0 saturated carbocycles. The zero-order chi connectivity index (χ0) is 23.6. The fraction of sp³-hybridized carbons (Fsp3) is 0.125. The summed E-state index contributed by atoms with van der Waals surface area (Å²) in [5, 5.41) is 11.3. The van der Waals surface area contributed by atoms with Gasteiger partial charge in [-0.3, -0.25) is 4.98 Å². The lowest BCUT2D eigenvalue weighted by molar-refractivity contribution is -0.175. The molecule has 4 aromatic rings. The molecular weight excluding hydrogens is 438 g/mol. The third-order valence-electron chi connectivity index (χ3n) is 5.07. The van der Waals surface area contributed by atoms with E-state index >= 15 is 8.78 Å². The minimum absolute atomic E-state index is 0.179. The number of hydrogen-bond donors (Lipinski definition) is 1. The van der Waals surface area contributed by atoms with Crippen LogP contribution in [0, 0.1) is 18.6 Å². The number of aliphatic hydroxyl groups is 1. The van der Waals surface area contributed by atoms with Gasteiger partial charge in [-0.2, -0.15) is 8.78 Å². The molecule has 0 aliphatic rings. The van der Waals surface area contributed by atoms with E-state index in [1.54, 1.807) is 12.1 Å². The van der Waals surface area contributed by atoms with Crippen LogP contribution < -0.4 is 4.74 Å². The first-order valence-corrected chi connectivity index (χ1v) is 9.74. The average Bonchev–Trinajstić information content (AvgIpc) is 2.81. The molecule has 2 aromatic carbocycles. The Bertz CT molecular complexity index is 1250. The number of benzene rings is 2. The van der Waals surface area contributed by atoms with Crippen molar-refractivity contribution < 1.29 is 27.4 Å². The monoisotopic (exact) mass is 455 g/mol. The molecule has 0 spiro atoms. The predicted octanol–water partition coefficient (Wildman–Crippen LogP) is 5.28. The van der Waals surface area contributed by atoms with Gasteiger partial charge in [0, 0.05) is 29.6 Å². The van der Waals surface area contributed by atoms with Gasteiger partial charge in [-0.05, 0) is 43.3 Å². The first-order chi connectivity index (χ1) is 15.7. The number of halogens is 4. The molecule has 9 heteroatoms. The SMILES string of the molecule is Cc1ccc(Oc2ccc(C(F)(F)C(O)(c3cncnc3)c3ccc(F)cc3F)nc2)cc1. The van der Waals surface area contributed by atoms with Crippen LogP contribution >= 0.6 is 0 Å². The van der Waals surface area contributed by atoms with Crippen molar-refractivity contribution in [2.75, 3.05) is 0 Å². The number of alkyl halides is 2. The van der Waals surface area contributed by atoms with Crippen LogP contribution in [0.4, 0.5) is 17.6 Å². The van der Waals surface area contributed by atoms with E-state index < -0.39 is 40.0 Å². The maximum atomic E-state index is 15.8. The molecule has 1 unspecified atom stereocenters. The van der Waals surface area contributed by atoms with Crippen molar-refractivity contribution in [2.24, 2.45) is 0 Å². The van der Waals surface area contributed by atoms with E-state index in [9.17, 15) is 13.9 Å². The number of hydrogen-bond acceptors (Lipinski definition) is 5. The summed E-state index contributed by atoms with van der Waals surface area (Å²) in [6.45, 7) is 1.91. The lowest BCUT2D eigenvalue weighted by Crippen LogP contribution is -2.45. The van der Waals surface area contributed by atoms with E-state index in [-0.39, 0.29) is 5.75 Å². The molecule has 0 fully saturated rings. The summed E-state index contributed by atoms with van der Waals surface area (Å²) in [6, 6.07) is 11.2. The largest absolute Gasteiger partial charge is 0.456 e. The first-order valence-electron chi connectivity index (χ1n) is 9.74. The van der Waals surface area contributed by atoms with Crippen LogP contribution in [0.5, 0.6) is 11.5 Å². The van der Waals surface area contributed by atoms with E-state index in [0.717, 1.165) is 48.7 Å². The van der Waals surface area contributed by atoms with Crippen LogP contribution in [0.2, 0.25) is 0 Å². The van der Waals surface area contributed by atoms with Gasteiger partial charge in [0.2, 0.25) is 0 Å². The molecule has 1 atom stereocenters. The second-order valence-corrected chi connectivity index (χ2v) is 7.33. The van der Waals surface area contributed by atoms with E-state index in [1.807, 2.05) is 19.1 Å². The highest BCUT2D eigenvalue weighted by Gasteiger charge is 2.58. The summed E-state index contributed by atoms with van der Waals surface area (Å²) in [6.07, 6.45) is 3.99. The zero-order valence-corrected chi connectivity index (χ0v) is 17.2. The maximum absolute atomic E-state index is 15.8. The Morgan fingerprint density at radius 1 is 0.848 bits per heavy atom. The van der Waals surface area contributed by atoms with Crippen LogP contribution in [0.25, 0.3) is 0 Å². The summed E-state index contributed by atoms with van der Waals surface area (Å²) in [5.74, 6) is -5.85. The summed E-state index contributed by atoms with van der Waals surface area (Å²) < 4.78 is 65.2. The van der Waals surface area contributed by atoms with Crippen LogP contribution in [0.1, 0.15) is 22.4 Å². The maximum Gasteiger partial charge on any atom is 0.326 e. The molecular formula is C24H17F4N3O2. The van der Waals surface area contributed by atoms with Gasteiger partial charge in [0.1, 0.15) is 35.2 Å². The van der Waals surface area contributed by atoms with Gasteiger partial charge >= 0.3 is 5.92 Å². The van der Waals surface area contributed by atoms with Crippen LogP contribution in [-0.4, -0.2) is 20.1 Å². The summed E-state index contributed by atoms with van der Waals surface area (Å²) >= 11 is 0. The first kappa shape index (κ1) is 22.3. The standard InChI is InChI=1S/C24H17F4N3O2/c1-15-2-5-18(6-3-15)33-19-7-9-22(31-13-19)24(27,28)23(32,16-11-29-14-30-12-16)20-8-4-17(25)10-21(20)26/h2-14,32H,1H3. The summed E-state index contributed by atoms with van der Waals surface area (Å²) in [7, 11) is 0. The lowest BCUT2D eigenvalue weighted by atomic mass is 9.80. The predicted molar refractivity (Wildman–Crippen MR) is 111 cm³/mol. The fourth-order valence-corrected chi connectivity index (χ4v) is 3.33. The number of aryl methyl sites for hydroxylation is 1. The van der Waals surface area contributed by atoms with Crippen molar-refractivity contribution in [3.05, 3.63) is 114 Å². The van der Waals surface area contributed by atoms with Gasteiger partial charge in [0.15, 0.2) is 5.60 Å². The lowest BCUT2D eigenvalue weighted by Gasteiger charge is -2.36. The third kappa shape index (κ3) is 4.14. The Kier molecular flexibility index (Phi) is 5.82. The molecule has 0 aliphatic heterocycles. The van der Waals surface area contributed by atoms with E-state index in [0.29, 0.717) is 11.8 Å². The van der Waals surface area contributed by atoms with E-state index in [2.05, 4.69) is 15.0 Å². The highest BCUT2D eigenvalue weighted by atomic mass is 19.3. The molecule has 0 saturated heterocycles. The fourth-order valence-electron chi connectivity index (χ4n) is 3.33. The van der Waals surface area contributed by atoms with Crippen LogP contribution in [0.15, 0.2) is 79.5 Å². The minimum atomic E-state index is -4.17. The normalized spacial score (nSPS) is 13.4. The van der Waals surface area contributed by atoms with Gasteiger partial charge in [0.05, 0.1) is 6.20 Å². The Morgan fingerprint density at radius 2 is 1.52 bits per heavy atom. The Labute approximate surface area is 186 Å². The van der Waals surface area contributed by atoms with Crippen molar-refractivity contribution in [3.63, 3.8) is 0 Å². The molecule has 33 heavy (non-hydrogen) atoms. The molecule has 2 aromatic heterocycles. The van der Waals surface area contributed by atoms with E-state index in [1.165, 1.54) is 6.07 Å². The highest BCUT2D eigenvalue weighted by molar-refractivity contribution is 5.41. The summed E-state index contributed by atoms with van der Waals surface area (Å²) in [4.78, 5) is 11.1. The van der Waals surface area contributed by atoms with Gasteiger partial charge in [-0.25, -0.2) is 18.7 Å². The number of nitrogens with zero attached hydrogens (tertiary/aromatic N) is 3. The number of rotatable bonds is 6. The smallest absolute Gasteiger partial charge is 0.326 e. The Balaban J connectivity index is 1.76. The molecule has 168 valence electrons. The zero-order valence-electron chi connectivity index (χ0n) is 17.2. The van der Waals surface area contributed by atoms with Gasteiger partial charge in [-0.15, -0.1) is 0 Å². The molecule has 2 heterocycles. The third-order valence-corrected chi connectivity index (χ3v) is 5.07. The van der Waals surface area contributed by atoms with Crippen molar-refractivity contribution in [1.82, 2.24) is 15.0 Å². The molecule has 0 bridgehead atoms. The Morgan fingerprint density at radius 3 is 2.12 bits per heavy atom. The number of aromatic nitrogens is 3.